The van der Waals surface area contributed by atoms with E-state index in [0.29, 0.717) is 6.42 Å². The Morgan fingerprint density at radius 3 is 2.74 bits per heavy atom. The maximum absolute atomic E-state index is 13.3. The van der Waals surface area contributed by atoms with Crippen molar-refractivity contribution < 1.29 is 9.18 Å². The molecule has 0 radical (unpaired) electrons. The first-order chi connectivity index (χ1) is 9.25. The minimum absolute atomic E-state index is 0.103. The number of benzene rings is 1. The van der Waals surface area contributed by atoms with Crippen LogP contribution < -0.4 is 5.32 Å². The van der Waals surface area contributed by atoms with Crippen molar-refractivity contribution in [2.45, 2.75) is 43.8 Å². The van der Waals surface area contributed by atoms with E-state index >= 15 is 0 Å². The summed E-state index contributed by atoms with van der Waals surface area (Å²) in [6.07, 6.45) is 7.00. The minimum atomic E-state index is -0.379. The Kier molecular flexibility index (Phi) is 5.70. The second-order valence-electron chi connectivity index (χ2n) is 4.91. The molecule has 4 heteroatoms. The Labute approximate surface area is 118 Å². The predicted octanol–water partition coefficient (Wildman–Crippen LogP) is 4.22. The molecule has 0 atom stereocenters. The van der Waals surface area contributed by atoms with Gasteiger partial charge in [0.25, 0.3) is 0 Å². The summed E-state index contributed by atoms with van der Waals surface area (Å²) in [4.78, 5) is 11.7. The molecule has 104 valence electrons. The SMILES string of the molecule is O=C(CCSC1CCCCC1)Nc1ccccc1F. The first-order valence-electron chi connectivity index (χ1n) is 6.91. The zero-order valence-electron chi connectivity index (χ0n) is 11.0. The molecular weight excluding hydrogens is 261 g/mol. The van der Waals surface area contributed by atoms with Crippen molar-refractivity contribution in [2.24, 2.45) is 0 Å². The Hall–Kier alpha value is -1.03. The quantitative estimate of drug-likeness (QED) is 0.875. The molecule has 1 saturated carbocycles. The summed E-state index contributed by atoms with van der Waals surface area (Å²) in [5.41, 5.74) is 0.273. The molecule has 0 unspecified atom stereocenters. The van der Waals surface area contributed by atoms with Gasteiger partial charge in [0.05, 0.1) is 5.69 Å². The summed E-state index contributed by atoms with van der Waals surface area (Å²) in [5.74, 6) is 0.342. The van der Waals surface area contributed by atoms with Crippen LogP contribution in [0.1, 0.15) is 38.5 Å². The third-order valence-electron chi connectivity index (χ3n) is 3.38. The van der Waals surface area contributed by atoms with Crippen molar-refractivity contribution in [2.75, 3.05) is 11.1 Å². The van der Waals surface area contributed by atoms with Crippen LogP contribution in [0.25, 0.3) is 0 Å². The van der Waals surface area contributed by atoms with Crippen molar-refractivity contribution in [3.05, 3.63) is 30.1 Å². The molecular formula is C15H20FNOS. The van der Waals surface area contributed by atoms with Crippen molar-refractivity contribution in [1.82, 2.24) is 0 Å². The van der Waals surface area contributed by atoms with E-state index in [1.165, 1.54) is 38.2 Å². The molecule has 0 spiro atoms. The molecule has 2 rings (SSSR count). The van der Waals surface area contributed by atoms with Gasteiger partial charge in [0.1, 0.15) is 5.82 Å². The van der Waals surface area contributed by atoms with Gasteiger partial charge >= 0.3 is 0 Å². The van der Waals surface area contributed by atoms with Gasteiger partial charge in [-0.05, 0) is 25.0 Å². The topological polar surface area (TPSA) is 29.1 Å². The molecule has 1 aliphatic rings. The number of para-hydroxylation sites is 1. The molecule has 19 heavy (non-hydrogen) atoms. The standard InChI is InChI=1S/C15H20FNOS/c16-13-8-4-5-9-14(13)17-15(18)10-11-19-12-6-2-1-3-7-12/h4-5,8-9,12H,1-3,6-7,10-11H2,(H,17,18). The fourth-order valence-corrected chi connectivity index (χ4v) is 3.63. The van der Waals surface area contributed by atoms with Gasteiger partial charge in [-0.2, -0.15) is 11.8 Å². The molecule has 1 N–H and O–H groups in total. The van der Waals surface area contributed by atoms with Gasteiger partial charge in [-0.1, -0.05) is 31.4 Å². The first-order valence-corrected chi connectivity index (χ1v) is 7.96. The normalized spacial score (nSPS) is 16.3. The number of nitrogens with one attached hydrogen (secondary N) is 1. The molecule has 1 aromatic carbocycles. The number of halogens is 1. The average Bonchev–Trinajstić information content (AvgIpc) is 2.43. The number of thioether (sulfide) groups is 1. The highest BCUT2D eigenvalue weighted by atomic mass is 32.2. The van der Waals surface area contributed by atoms with E-state index in [9.17, 15) is 9.18 Å². The molecule has 1 fully saturated rings. The molecule has 0 aliphatic heterocycles. The highest BCUT2D eigenvalue weighted by molar-refractivity contribution is 7.99. The van der Waals surface area contributed by atoms with Crippen molar-refractivity contribution in [3.8, 4) is 0 Å². The van der Waals surface area contributed by atoms with Gasteiger partial charge in [-0.25, -0.2) is 4.39 Å². The fraction of sp³-hybridized carbons (Fsp3) is 0.533. The first kappa shape index (κ1) is 14.4. The Morgan fingerprint density at radius 1 is 1.26 bits per heavy atom. The van der Waals surface area contributed by atoms with Crippen LogP contribution in [0.5, 0.6) is 0 Å². The lowest BCUT2D eigenvalue weighted by atomic mass is 10.0. The summed E-state index contributed by atoms with van der Waals surface area (Å²) in [6, 6.07) is 6.27. The van der Waals surface area contributed by atoms with Crippen LogP contribution >= 0.6 is 11.8 Å². The van der Waals surface area contributed by atoms with Crippen LogP contribution in [0.15, 0.2) is 24.3 Å². The molecule has 0 bridgehead atoms. The van der Waals surface area contributed by atoms with E-state index < -0.39 is 0 Å². The van der Waals surface area contributed by atoms with Crippen LogP contribution in [-0.2, 0) is 4.79 Å². The summed E-state index contributed by atoms with van der Waals surface area (Å²) < 4.78 is 13.3. The molecule has 1 aliphatic carbocycles. The molecule has 2 nitrogen and oxygen atoms in total. The number of carbonyl (C=O) groups is 1. The minimum Gasteiger partial charge on any atom is -0.324 e. The van der Waals surface area contributed by atoms with E-state index in [2.05, 4.69) is 5.32 Å². The summed E-state index contributed by atoms with van der Waals surface area (Å²) in [7, 11) is 0. The third-order valence-corrected chi connectivity index (χ3v) is 4.77. The van der Waals surface area contributed by atoms with E-state index in [-0.39, 0.29) is 17.4 Å². The van der Waals surface area contributed by atoms with Crippen molar-refractivity contribution in [3.63, 3.8) is 0 Å². The van der Waals surface area contributed by atoms with Gasteiger partial charge in [0, 0.05) is 17.4 Å². The summed E-state index contributed by atoms with van der Waals surface area (Å²) in [5, 5.41) is 3.34. The molecule has 0 heterocycles. The maximum Gasteiger partial charge on any atom is 0.225 e. The number of carbonyl (C=O) groups excluding carboxylic acids is 1. The Bertz CT molecular complexity index is 418. The maximum atomic E-state index is 13.3. The van der Waals surface area contributed by atoms with Crippen LogP contribution in [0.3, 0.4) is 0 Å². The zero-order valence-corrected chi connectivity index (χ0v) is 11.8. The highest BCUT2D eigenvalue weighted by Crippen LogP contribution is 2.28. The van der Waals surface area contributed by atoms with Crippen molar-refractivity contribution in [1.29, 1.82) is 0 Å². The third kappa shape index (κ3) is 4.86. The predicted molar refractivity (Wildman–Crippen MR) is 79.0 cm³/mol. The van der Waals surface area contributed by atoms with Gasteiger partial charge in [0.2, 0.25) is 5.91 Å². The van der Waals surface area contributed by atoms with Gasteiger partial charge < -0.3 is 5.32 Å². The summed E-state index contributed by atoms with van der Waals surface area (Å²) >= 11 is 1.89. The molecule has 1 aromatic rings. The van der Waals surface area contributed by atoms with Crippen molar-refractivity contribution >= 4 is 23.4 Å². The zero-order chi connectivity index (χ0) is 13.5. The van der Waals surface area contributed by atoms with E-state index in [1.807, 2.05) is 11.8 Å². The van der Waals surface area contributed by atoms with Crippen LogP contribution in [0.4, 0.5) is 10.1 Å². The van der Waals surface area contributed by atoms with Crippen LogP contribution in [0, 0.1) is 5.82 Å². The number of anilines is 1. The second-order valence-corrected chi connectivity index (χ2v) is 6.32. The lowest BCUT2D eigenvalue weighted by Crippen LogP contribution is -2.15. The molecule has 1 amide bonds. The lowest BCUT2D eigenvalue weighted by molar-refractivity contribution is -0.115. The highest BCUT2D eigenvalue weighted by Gasteiger charge is 2.14. The molecule has 0 saturated heterocycles. The Morgan fingerprint density at radius 2 is 2.00 bits per heavy atom. The van der Waals surface area contributed by atoms with Gasteiger partial charge in [-0.3, -0.25) is 4.79 Å². The fourth-order valence-electron chi connectivity index (χ4n) is 2.33. The molecule has 0 aromatic heterocycles. The van der Waals surface area contributed by atoms with Gasteiger partial charge in [-0.15, -0.1) is 0 Å². The average molecular weight is 281 g/mol. The van der Waals surface area contributed by atoms with E-state index in [0.717, 1.165) is 11.0 Å². The van der Waals surface area contributed by atoms with E-state index in [1.54, 1.807) is 18.2 Å². The van der Waals surface area contributed by atoms with Gasteiger partial charge in [0.15, 0.2) is 0 Å². The smallest absolute Gasteiger partial charge is 0.225 e. The lowest BCUT2D eigenvalue weighted by Gasteiger charge is -2.20. The van der Waals surface area contributed by atoms with Crippen LogP contribution in [0.2, 0.25) is 0 Å². The number of rotatable bonds is 5. The second kappa shape index (κ2) is 7.53. The monoisotopic (exact) mass is 281 g/mol. The van der Waals surface area contributed by atoms with E-state index in [4.69, 9.17) is 0 Å². The summed E-state index contributed by atoms with van der Waals surface area (Å²) in [6.45, 7) is 0. The number of hydrogen-bond donors (Lipinski definition) is 1. The largest absolute Gasteiger partial charge is 0.324 e. The Balaban J connectivity index is 1.68. The number of hydrogen-bond acceptors (Lipinski definition) is 2. The number of amides is 1. The van der Waals surface area contributed by atoms with Crippen LogP contribution in [-0.4, -0.2) is 16.9 Å².